The van der Waals surface area contributed by atoms with E-state index in [9.17, 15) is 0 Å². The molecule has 20 heavy (non-hydrogen) atoms. The average molecular weight is 290 g/mol. The summed E-state index contributed by atoms with van der Waals surface area (Å²) in [6.07, 6.45) is 0.284. The van der Waals surface area contributed by atoms with Gasteiger partial charge in [-0.15, -0.1) is 11.8 Å². The lowest BCUT2D eigenvalue weighted by Gasteiger charge is -2.10. The van der Waals surface area contributed by atoms with Gasteiger partial charge in [0.05, 0.1) is 6.61 Å². The van der Waals surface area contributed by atoms with Crippen LogP contribution in [0.1, 0.15) is 6.92 Å². The van der Waals surface area contributed by atoms with Crippen LogP contribution in [0.3, 0.4) is 0 Å². The molecule has 0 aliphatic carbocycles. The van der Waals surface area contributed by atoms with E-state index < -0.39 is 0 Å². The maximum Gasteiger partial charge on any atom is 0.134 e. The van der Waals surface area contributed by atoms with Crippen molar-refractivity contribution >= 4 is 22.5 Å². The molecule has 1 atom stereocenters. The van der Waals surface area contributed by atoms with Gasteiger partial charge in [0.15, 0.2) is 0 Å². The molecule has 4 heteroatoms. The Morgan fingerprint density at radius 1 is 1.25 bits per heavy atom. The summed E-state index contributed by atoms with van der Waals surface area (Å²) < 4.78 is 16.7. The Morgan fingerprint density at radius 3 is 2.95 bits per heavy atom. The molecule has 3 nitrogen and oxygen atoms in total. The van der Waals surface area contributed by atoms with E-state index in [1.54, 1.807) is 11.8 Å². The third-order valence-electron chi connectivity index (χ3n) is 3.15. The molecule has 0 radical (unpaired) electrons. The molecule has 2 aromatic rings. The molecule has 1 aliphatic rings. The van der Waals surface area contributed by atoms with E-state index in [0.29, 0.717) is 12.5 Å². The molecule has 2 aromatic carbocycles. The summed E-state index contributed by atoms with van der Waals surface area (Å²) in [5.74, 6) is 3.56. The van der Waals surface area contributed by atoms with Crippen LogP contribution in [0.2, 0.25) is 0 Å². The van der Waals surface area contributed by atoms with Crippen molar-refractivity contribution in [2.45, 2.75) is 13.0 Å². The third kappa shape index (κ3) is 3.38. The van der Waals surface area contributed by atoms with Crippen LogP contribution >= 0.6 is 11.8 Å². The molecule has 0 N–H and O–H groups in total. The van der Waals surface area contributed by atoms with Gasteiger partial charge >= 0.3 is 0 Å². The van der Waals surface area contributed by atoms with Crippen LogP contribution in [0.4, 0.5) is 0 Å². The Hall–Kier alpha value is -1.39. The monoisotopic (exact) mass is 290 g/mol. The van der Waals surface area contributed by atoms with Crippen molar-refractivity contribution in [1.82, 2.24) is 0 Å². The first-order valence-electron chi connectivity index (χ1n) is 6.84. The molecular weight excluding hydrogens is 272 g/mol. The molecule has 1 saturated heterocycles. The molecule has 3 rings (SSSR count). The van der Waals surface area contributed by atoms with Gasteiger partial charge in [-0.05, 0) is 35.4 Å². The highest BCUT2D eigenvalue weighted by Crippen LogP contribution is 2.29. The summed E-state index contributed by atoms with van der Waals surface area (Å²) in [5, 5.41) is 2.26. The molecule has 106 valence electrons. The Balaban J connectivity index is 1.75. The Kier molecular flexibility index (Phi) is 4.33. The van der Waals surface area contributed by atoms with Crippen molar-refractivity contribution in [3.63, 3.8) is 0 Å². The van der Waals surface area contributed by atoms with E-state index in [0.717, 1.165) is 34.6 Å². The molecule has 0 spiro atoms. The molecular formula is C16H18O3S. The summed E-state index contributed by atoms with van der Waals surface area (Å²) in [6, 6.07) is 12.2. The summed E-state index contributed by atoms with van der Waals surface area (Å²) in [6.45, 7) is 3.58. The molecule has 0 saturated carbocycles. The lowest BCUT2D eigenvalue weighted by Crippen LogP contribution is -2.03. The number of rotatable bonds is 7. The molecule has 1 fully saturated rings. The highest BCUT2D eigenvalue weighted by molar-refractivity contribution is 7.99. The van der Waals surface area contributed by atoms with Crippen LogP contribution < -0.4 is 9.47 Å². The maximum atomic E-state index is 5.81. The number of hydrogen-bond donors (Lipinski definition) is 0. The number of fused-ring (bicyclic) bond motifs is 1. The Morgan fingerprint density at radius 2 is 2.15 bits per heavy atom. The van der Waals surface area contributed by atoms with Crippen molar-refractivity contribution in [3.8, 4) is 11.5 Å². The van der Waals surface area contributed by atoms with Gasteiger partial charge in [-0.2, -0.15) is 0 Å². The zero-order valence-electron chi connectivity index (χ0n) is 11.5. The summed E-state index contributed by atoms with van der Waals surface area (Å²) in [7, 11) is 0. The molecule has 0 aromatic heterocycles. The van der Waals surface area contributed by atoms with Gasteiger partial charge < -0.3 is 14.2 Å². The predicted molar refractivity (Wildman–Crippen MR) is 82.8 cm³/mol. The van der Waals surface area contributed by atoms with Gasteiger partial charge in [-0.1, -0.05) is 19.1 Å². The van der Waals surface area contributed by atoms with Crippen LogP contribution in [-0.4, -0.2) is 31.0 Å². The highest BCUT2D eigenvalue weighted by atomic mass is 32.2. The van der Waals surface area contributed by atoms with Gasteiger partial charge in [0.1, 0.15) is 30.1 Å². The Labute approximate surface area is 123 Å². The zero-order valence-corrected chi connectivity index (χ0v) is 12.3. The summed E-state index contributed by atoms with van der Waals surface area (Å²) in [5.41, 5.74) is 0. The van der Waals surface area contributed by atoms with Gasteiger partial charge in [0, 0.05) is 5.39 Å². The van der Waals surface area contributed by atoms with Crippen LogP contribution in [0.25, 0.3) is 10.8 Å². The second-order valence-electron chi connectivity index (χ2n) is 4.66. The largest absolute Gasteiger partial charge is 0.491 e. The first kappa shape index (κ1) is 13.6. The minimum absolute atomic E-state index is 0.284. The molecule has 0 bridgehead atoms. The number of hydrogen-bond acceptors (Lipinski definition) is 4. The fourth-order valence-electron chi connectivity index (χ4n) is 1.99. The van der Waals surface area contributed by atoms with Crippen molar-refractivity contribution in [2.75, 3.05) is 24.9 Å². The quantitative estimate of drug-likeness (QED) is 0.442. The van der Waals surface area contributed by atoms with E-state index in [4.69, 9.17) is 14.2 Å². The predicted octanol–water partition coefficient (Wildman–Crippen LogP) is 3.71. The van der Waals surface area contributed by atoms with Crippen LogP contribution in [0.5, 0.6) is 11.5 Å². The second kappa shape index (κ2) is 6.37. The fraction of sp³-hybridized carbons (Fsp3) is 0.375. The molecule has 1 unspecified atom stereocenters. The van der Waals surface area contributed by atoms with E-state index >= 15 is 0 Å². The van der Waals surface area contributed by atoms with Crippen molar-refractivity contribution < 1.29 is 14.2 Å². The van der Waals surface area contributed by atoms with E-state index in [1.807, 2.05) is 18.2 Å². The van der Waals surface area contributed by atoms with Crippen LogP contribution in [0.15, 0.2) is 36.4 Å². The summed E-state index contributed by atoms with van der Waals surface area (Å²) in [4.78, 5) is 0. The third-order valence-corrected chi connectivity index (χ3v) is 3.84. The number of thioether (sulfide) groups is 1. The lowest BCUT2D eigenvalue weighted by atomic mass is 10.1. The molecule has 1 aliphatic heterocycles. The maximum absolute atomic E-state index is 5.81. The van der Waals surface area contributed by atoms with E-state index in [2.05, 4.69) is 25.1 Å². The van der Waals surface area contributed by atoms with Gasteiger partial charge in [0.2, 0.25) is 0 Å². The van der Waals surface area contributed by atoms with E-state index in [1.165, 1.54) is 0 Å². The number of benzene rings is 2. The van der Waals surface area contributed by atoms with E-state index in [-0.39, 0.29) is 6.10 Å². The molecule has 0 amide bonds. The van der Waals surface area contributed by atoms with Crippen molar-refractivity contribution in [2.24, 2.45) is 0 Å². The lowest BCUT2D eigenvalue weighted by molar-refractivity contribution is 0.263. The first-order chi connectivity index (χ1) is 9.86. The normalized spacial score (nSPS) is 17.1. The SMILES string of the molecule is CCSCOc1cccc2cc(OCC3CO3)ccc12. The van der Waals surface area contributed by atoms with Gasteiger partial charge in [0.25, 0.3) is 0 Å². The zero-order chi connectivity index (χ0) is 13.8. The highest BCUT2D eigenvalue weighted by Gasteiger charge is 2.23. The van der Waals surface area contributed by atoms with Crippen LogP contribution in [-0.2, 0) is 4.74 Å². The summed E-state index contributed by atoms with van der Waals surface area (Å²) >= 11 is 1.77. The Bertz CT molecular complexity index is 581. The minimum Gasteiger partial charge on any atom is -0.491 e. The van der Waals surface area contributed by atoms with Gasteiger partial charge in [-0.25, -0.2) is 0 Å². The first-order valence-corrected chi connectivity index (χ1v) is 8.00. The van der Waals surface area contributed by atoms with Gasteiger partial charge in [-0.3, -0.25) is 0 Å². The average Bonchev–Trinajstić information content (AvgIpc) is 3.29. The van der Waals surface area contributed by atoms with Crippen LogP contribution in [0, 0.1) is 0 Å². The second-order valence-corrected chi connectivity index (χ2v) is 5.88. The smallest absolute Gasteiger partial charge is 0.134 e. The van der Waals surface area contributed by atoms with Crippen molar-refractivity contribution in [3.05, 3.63) is 36.4 Å². The topological polar surface area (TPSA) is 31.0 Å². The number of epoxide rings is 1. The molecule has 1 heterocycles. The fourth-order valence-corrected chi connectivity index (χ4v) is 2.37. The number of ether oxygens (including phenoxy) is 3. The van der Waals surface area contributed by atoms with Crippen molar-refractivity contribution in [1.29, 1.82) is 0 Å². The standard InChI is InChI=1S/C16H18O3S/c1-2-20-11-19-16-5-3-4-12-8-13(6-7-15(12)16)17-9-14-10-18-14/h3-8,14H,2,9-11H2,1H3. The minimum atomic E-state index is 0.284.